The number of anilines is 1. The second-order valence-corrected chi connectivity index (χ2v) is 12.7. The molecule has 0 spiro atoms. The van der Waals surface area contributed by atoms with Crippen molar-refractivity contribution in [3.63, 3.8) is 0 Å². The highest BCUT2D eigenvalue weighted by Gasteiger charge is 2.66. The lowest BCUT2D eigenvalue weighted by Crippen LogP contribution is -2.52. The fourth-order valence-electron chi connectivity index (χ4n) is 5.90. The maximum atomic E-state index is 12.5. The predicted octanol–water partition coefficient (Wildman–Crippen LogP) is 4.64. The number of amides is 1. The van der Waals surface area contributed by atoms with Crippen molar-refractivity contribution >= 4 is 43.6 Å². The summed E-state index contributed by atoms with van der Waals surface area (Å²) in [5.41, 5.74) is -0.187. The van der Waals surface area contributed by atoms with Gasteiger partial charge >= 0.3 is 0 Å². The molecule has 6 heteroatoms. The Morgan fingerprint density at radius 2 is 1.75 bits per heavy atom. The molecule has 1 aromatic rings. The zero-order valence-electron chi connectivity index (χ0n) is 13.9. The van der Waals surface area contributed by atoms with E-state index in [4.69, 9.17) is 5.10 Å². The van der Waals surface area contributed by atoms with Crippen molar-refractivity contribution in [2.75, 3.05) is 5.32 Å². The molecule has 5 aliphatic rings. The van der Waals surface area contributed by atoms with E-state index in [0.717, 1.165) is 24.2 Å². The zero-order chi connectivity index (χ0) is 16.7. The smallest absolute Gasteiger partial charge is 0.233 e. The summed E-state index contributed by atoms with van der Waals surface area (Å²) in [4.78, 5) is 12.5. The Hall–Kier alpha value is -0.360. The van der Waals surface area contributed by atoms with Crippen LogP contribution in [0.25, 0.3) is 0 Å². The van der Waals surface area contributed by atoms with Crippen LogP contribution in [0.5, 0.6) is 0 Å². The van der Waals surface area contributed by atoms with Crippen molar-refractivity contribution in [2.24, 2.45) is 23.2 Å². The van der Waals surface area contributed by atoms with Gasteiger partial charge in [0.1, 0.15) is 0 Å². The number of rotatable bonds is 3. The summed E-state index contributed by atoms with van der Waals surface area (Å²) in [7, 11) is 0. The van der Waals surface area contributed by atoms with Crippen molar-refractivity contribution in [1.29, 1.82) is 0 Å². The first-order valence-electron chi connectivity index (χ1n) is 9.05. The Morgan fingerprint density at radius 1 is 1.21 bits per heavy atom. The largest absolute Gasteiger partial charge is 0.309 e. The van der Waals surface area contributed by atoms with Gasteiger partial charge in [-0.3, -0.25) is 9.48 Å². The second kappa shape index (κ2) is 4.87. The van der Waals surface area contributed by atoms with Crippen LogP contribution in [0.2, 0.25) is 0 Å². The van der Waals surface area contributed by atoms with E-state index in [9.17, 15) is 4.79 Å². The lowest BCUT2D eigenvalue weighted by molar-refractivity contribution is -0.120. The Labute approximate surface area is 159 Å². The molecule has 1 aromatic heterocycles. The number of nitrogens with one attached hydrogen (secondary N) is 1. The van der Waals surface area contributed by atoms with Crippen molar-refractivity contribution < 1.29 is 4.79 Å². The lowest BCUT2D eigenvalue weighted by atomic mass is 9.53. The highest BCUT2D eigenvalue weighted by atomic mass is 79.9. The first-order valence-corrected chi connectivity index (χ1v) is 10.6. The Kier molecular flexibility index (Phi) is 3.22. The number of hydrogen-bond donors (Lipinski definition) is 1. The molecule has 0 saturated heterocycles. The molecule has 1 N–H and O–H groups in total. The van der Waals surface area contributed by atoms with Crippen molar-refractivity contribution in [1.82, 2.24) is 9.78 Å². The van der Waals surface area contributed by atoms with Gasteiger partial charge in [-0.2, -0.15) is 5.10 Å². The van der Waals surface area contributed by atoms with Crippen LogP contribution < -0.4 is 5.32 Å². The molecule has 1 amide bonds. The van der Waals surface area contributed by atoms with Crippen LogP contribution >= 0.6 is 31.9 Å². The van der Waals surface area contributed by atoms with Gasteiger partial charge in [0, 0.05) is 12.3 Å². The average molecular weight is 457 g/mol. The van der Waals surface area contributed by atoms with Crippen molar-refractivity contribution in [3.8, 4) is 0 Å². The van der Waals surface area contributed by atoms with Gasteiger partial charge in [0.15, 0.2) is 5.82 Å². The fraction of sp³-hybridized carbons (Fsp3) is 0.778. The molecule has 1 atom stereocenters. The van der Waals surface area contributed by atoms with E-state index in [-0.39, 0.29) is 14.7 Å². The predicted molar refractivity (Wildman–Crippen MR) is 100 cm³/mol. The number of carbonyl (C=O) groups excluding carboxylic acids is 1. The molecule has 1 heterocycles. The van der Waals surface area contributed by atoms with Crippen LogP contribution in [0.15, 0.2) is 12.3 Å². The van der Waals surface area contributed by atoms with E-state index in [1.54, 1.807) is 0 Å². The lowest BCUT2D eigenvalue weighted by Gasteiger charge is -2.56. The van der Waals surface area contributed by atoms with Crippen LogP contribution in [0.1, 0.15) is 51.9 Å². The van der Waals surface area contributed by atoms with Crippen LogP contribution in [-0.2, 0) is 10.3 Å². The number of nitrogens with zero attached hydrogens (tertiary/aromatic N) is 2. The minimum Gasteiger partial charge on any atom is -0.309 e. The van der Waals surface area contributed by atoms with Crippen LogP contribution in [-0.4, -0.2) is 18.9 Å². The van der Waals surface area contributed by atoms with Gasteiger partial charge in [-0.1, -0.05) is 31.9 Å². The normalized spacial score (nSPS) is 44.5. The number of alkyl halides is 2. The first kappa shape index (κ1) is 15.9. The molecule has 5 aliphatic carbocycles. The van der Waals surface area contributed by atoms with E-state index >= 15 is 0 Å². The molecule has 1 unspecified atom stereocenters. The number of hydrogen-bond acceptors (Lipinski definition) is 2. The zero-order valence-corrected chi connectivity index (χ0v) is 17.1. The number of carbonyl (C=O) groups is 1. The molecule has 130 valence electrons. The molecule has 0 aromatic carbocycles. The van der Waals surface area contributed by atoms with Crippen molar-refractivity contribution in [2.45, 2.75) is 60.6 Å². The highest BCUT2D eigenvalue weighted by molar-refractivity contribution is 9.25. The molecule has 24 heavy (non-hydrogen) atoms. The van der Waals surface area contributed by atoms with E-state index < -0.39 is 5.41 Å². The van der Waals surface area contributed by atoms with E-state index in [1.807, 2.05) is 13.0 Å². The number of aromatic nitrogens is 2. The minimum atomic E-state index is -0.405. The summed E-state index contributed by atoms with van der Waals surface area (Å²) in [6, 6.07) is 1.96. The van der Waals surface area contributed by atoms with Crippen LogP contribution in [0, 0.1) is 23.2 Å². The van der Waals surface area contributed by atoms with Gasteiger partial charge in [-0.05, 0) is 69.6 Å². The van der Waals surface area contributed by atoms with Crippen molar-refractivity contribution in [3.05, 3.63) is 12.3 Å². The van der Waals surface area contributed by atoms with E-state index in [0.29, 0.717) is 5.82 Å². The summed E-state index contributed by atoms with van der Waals surface area (Å²) in [5.74, 6) is 3.41. The maximum Gasteiger partial charge on any atom is 0.233 e. The Morgan fingerprint density at radius 3 is 2.25 bits per heavy atom. The fourth-order valence-corrected chi connectivity index (χ4v) is 7.38. The Bertz CT molecular complexity index is 678. The molecular weight excluding hydrogens is 434 g/mol. The molecule has 4 nitrogen and oxygen atoms in total. The summed E-state index contributed by atoms with van der Waals surface area (Å²) in [5, 5.41) is 7.80. The standard InChI is InChI=1S/C18H23Br2N3O/c1-16(10-18(16,19)20)15(24)21-14-2-3-23(22-14)17-7-11-4-12(8-17)6-13(5-11)9-17/h2-3,11-13H,4-10H2,1H3,(H,21,22,24). The number of halogens is 2. The summed E-state index contributed by atoms with van der Waals surface area (Å²) in [6.07, 6.45) is 11.0. The minimum absolute atomic E-state index is 0.0343. The van der Waals surface area contributed by atoms with Gasteiger partial charge in [0.25, 0.3) is 0 Å². The highest BCUT2D eigenvalue weighted by Crippen LogP contribution is 2.66. The molecule has 5 saturated carbocycles. The van der Waals surface area contributed by atoms with Gasteiger partial charge in [0.2, 0.25) is 5.91 Å². The molecule has 0 aliphatic heterocycles. The Balaban J connectivity index is 1.36. The monoisotopic (exact) mass is 455 g/mol. The quantitative estimate of drug-likeness (QED) is 0.673. The third-order valence-electron chi connectivity index (χ3n) is 7.08. The van der Waals surface area contributed by atoms with Gasteiger partial charge in [-0.15, -0.1) is 0 Å². The summed E-state index contributed by atoms with van der Waals surface area (Å²) < 4.78 is 1.93. The molecule has 0 radical (unpaired) electrons. The molecule has 5 fully saturated rings. The topological polar surface area (TPSA) is 46.9 Å². The third kappa shape index (κ3) is 2.21. The average Bonchev–Trinajstić information content (AvgIpc) is 2.83. The SMILES string of the molecule is CC1(C(=O)Nc2ccn(C34CC5CC(CC(C5)C3)C4)n2)CC1(Br)Br. The van der Waals surface area contributed by atoms with Crippen LogP contribution in [0.3, 0.4) is 0 Å². The molecule has 6 rings (SSSR count). The second-order valence-electron chi connectivity index (χ2n) is 8.95. The maximum absolute atomic E-state index is 12.5. The van der Waals surface area contributed by atoms with Gasteiger partial charge < -0.3 is 5.32 Å². The first-order chi connectivity index (χ1) is 11.3. The van der Waals surface area contributed by atoms with Crippen LogP contribution in [0.4, 0.5) is 5.82 Å². The van der Waals surface area contributed by atoms with Gasteiger partial charge in [0.05, 0.1) is 14.2 Å². The third-order valence-corrected chi connectivity index (χ3v) is 9.39. The van der Waals surface area contributed by atoms with E-state index in [2.05, 4.69) is 48.1 Å². The summed E-state index contributed by atoms with van der Waals surface area (Å²) in [6.45, 7) is 1.97. The van der Waals surface area contributed by atoms with E-state index in [1.165, 1.54) is 38.5 Å². The summed E-state index contributed by atoms with van der Waals surface area (Å²) >= 11 is 7.13. The molecular formula is C18H23Br2N3O. The van der Waals surface area contributed by atoms with Gasteiger partial charge in [-0.25, -0.2) is 0 Å². The molecule has 4 bridgehead atoms.